The zero-order chi connectivity index (χ0) is 18.0. The maximum atomic E-state index is 14.2. The number of aromatic nitrogens is 1. The number of quaternary nitrogens is 2. The number of para-hydroxylation sites is 1. The number of likely N-dealkylation sites (N-methyl/N-ethyl adjacent to an activating group) is 1. The lowest BCUT2D eigenvalue weighted by atomic mass is 10.1. The standard InChI is InChI=1S/C20H26FN3O/c1-4-22-9-11-23(12-10-22)14-20(25)17-13-15(2)24(16(17)3)19-8-6-5-7-18(19)21/h5-8,13H,4,9-12,14H2,1-3H3/p+2. The van der Waals surface area contributed by atoms with Gasteiger partial charge in [0.1, 0.15) is 38.5 Å². The van der Waals surface area contributed by atoms with E-state index in [4.69, 9.17) is 0 Å². The number of nitrogens with zero attached hydrogens (tertiary/aromatic N) is 1. The number of benzene rings is 1. The van der Waals surface area contributed by atoms with Crippen LogP contribution in [0.1, 0.15) is 28.7 Å². The summed E-state index contributed by atoms with van der Waals surface area (Å²) >= 11 is 0. The minimum atomic E-state index is -0.271. The van der Waals surface area contributed by atoms with Crippen molar-refractivity contribution in [1.82, 2.24) is 4.57 Å². The quantitative estimate of drug-likeness (QED) is 0.747. The first-order chi connectivity index (χ1) is 12.0. The molecule has 1 fully saturated rings. The summed E-state index contributed by atoms with van der Waals surface area (Å²) in [6.07, 6.45) is 0. The summed E-state index contributed by atoms with van der Waals surface area (Å²) in [7, 11) is 0. The van der Waals surface area contributed by atoms with Crippen molar-refractivity contribution in [3.8, 4) is 5.69 Å². The summed E-state index contributed by atoms with van der Waals surface area (Å²) in [5.74, 6) is -0.113. The van der Waals surface area contributed by atoms with Gasteiger partial charge in [-0.15, -0.1) is 0 Å². The molecule has 0 radical (unpaired) electrons. The third-order valence-corrected chi connectivity index (χ3v) is 5.40. The predicted octanol–water partition coefficient (Wildman–Crippen LogP) is 0.219. The van der Waals surface area contributed by atoms with Gasteiger partial charge in [-0.3, -0.25) is 4.79 Å². The van der Waals surface area contributed by atoms with E-state index in [1.54, 1.807) is 17.0 Å². The van der Waals surface area contributed by atoms with Crippen molar-refractivity contribution in [2.45, 2.75) is 20.8 Å². The lowest BCUT2D eigenvalue weighted by Gasteiger charge is -2.28. The molecule has 0 amide bonds. The number of nitrogens with one attached hydrogen (secondary N) is 2. The van der Waals surface area contributed by atoms with Gasteiger partial charge in [0.25, 0.3) is 0 Å². The molecule has 1 aromatic heterocycles. The van der Waals surface area contributed by atoms with E-state index in [0.717, 1.165) is 49.7 Å². The first-order valence-corrected chi connectivity index (χ1v) is 9.15. The summed E-state index contributed by atoms with van der Waals surface area (Å²) in [5.41, 5.74) is 2.94. The van der Waals surface area contributed by atoms with Crippen molar-refractivity contribution < 1.29 is 19.0 Å². The second-order valence-electron chi connectivity index (χ2n) is 7.03. The number of Topliss-reactive ketones (excluding diaryl/α,β-unsaturated/α-hetero) is 1. The van der Waals surface area contributed by atoms with Gasteiger partial charge in [0.15, 0.2) is 0 Å². The Morgan fingerprint density at radius 2 is 1.76 bits per heavy atom. The van der Waals surface area contributed by atoms with Crippen molar-refractivity contribution in [3.63, 3.8) is 0 Å². The van der Waals surface area contributed by atoms with E-state index in [0.29, 0.717) is 12.2 Å². The molecule has 0 aliphatic carbocycles. The Kier molecular flexibility index (Phi) is 5.35. The zero-order valence-corrected chi connectivity index (χ0v) is 15.4. The molecule has 2 N–H and O–H groups in total. The number of carbonyl (C=O) groups is 1. The van der Waals surface area contributed by atoms with E-state index in [9.17, 15) is 9.18 Å². The summed E-state index contributed by atoms with van der Waals surface area (Å²) in [4.78, 5) is 15.8. The van der Waals surface area contributed by atoms with Crippen molar-refractivity contribution >= 4 is 5.78 Å². The minimum absolute atomic E-state index is 0.158. The molecule has 3 rings (SSSR count). The SMILES string of the molecule is CC[NH+]1CC[NH+](CC(=O)c2cc(C)n(-c3ccccc3F)c2C)CC1. The Morgan fingerprint density at radius 1 is 1.12 bits per heavy atom. The topological polar surface area (TPSA) is 30.9 Å². The van der Waals surface area contributed by atoms with Crippen LogP contribution in [0.2, 0.25) is 0 Å². The molecular formula is C20H28FN3O+2. The number of rotatable bonds is 5. The van der Waals surface area contributed by atoms with Crippen LogP contribution in [0.4, 0.5) is 4.39 Å². The molecule has 1 aliphatic heterocycles. The lowest BCUT2D eigenvalue weighted by Crippen LogP contribution is -3.28. The second kappa shape index (κ2) is 7.50. The van der Waals surface area contributed by atoms with E-state index in [2.05, 4.69) is 6.92 Å². The summed E-state index contributed by atoms with van der Waals surface area (Å²) < 4.78 is 16.0. The Balaban J connectivity index is 1.79. The molecule has 1 saturated heterocycles. The highest BCUT2D eigenvalue weighted by atomic mass is 19.1. The van der Waals surface area contributed by atoms with Crippen molar-refractivity contribution in [1.29, 1.82) is 0 Å². The third kappa shape index (κ3) is 3.67. The van der Waals surface area contributed by atoms with Crippen LogP contribution in [-0.2, 0) is 0 Å². The van der Waals surface area contributed by atoms with Crippen LogP contribution < -0.4 is 9.80 Å². The van der Waals surface area contributed by atoms with Crippen molar-refractivity contribution in [2.24, 2.45) is 0 Å². The molecule has 0 bridgehead atoms. The van der Waals surface area contributed by atoms with E-state index in [-0.39, 0.29) is 11.6 Å². The number of hydrogen-bond donors (Lipinski definition) is 2. The molecule has 0 saturated carbocycles. The average Bonchev–Trinajstić information content (AvgIpc) is 2.91. The fourth-order valence-electron chi connectivity index (χ4n) is 3.86. The van der Waals surface area contributed by atoms with Gasteiger partial charge in [-0.2, -0.15) is 0 Å². The highest BCUT2D eigenvalue weighted by Gasteiger charge is 2.26. The van der Waals surface area contributed by atoms with Crippen molar-refractivity contribution in [2.75, 3.05) is 39.3 Å². The first kappa shape index (κ1) is 17.8. The average molecular weight is 345 g/mol. The number of hydrogen-bond acceptors (Lipinski definition) is 1. The summed E-state index contributed by atoms with van der Waals surface area (Å²) in [6.45, 7) is 12.1. The zero-order valence-electron chi connectivity index (χ0n) is 15.4. The molecule has 4 nitrogen and oxygen atoms in total. The van der Waals surface area contributed by atoms with E-state index in [1.807, 2.05) is 30.5 Å². The molecule has 25 heavy (non-hydrogen) atoms. The molecule has 0 atom stereocenters. The van der Waals surface area contributed by atoms with Gasteiger partial charge in [-0.1, -0.05) is 12.1 Å². The number of piperazine rings is 1. The van der Waals surface area contributed by atoms with Crippen LogP contribution >= 0.6 is 0 Å². The largest absolute Gasteiger partial charge is 0.326 e. The monoisotopic (exact) mass is 345 g/mol. The Labute approximate surface area is 148 Å². The molecule has 1 aliphatic rings. The Morgan fingerprint density at radius 3 is 2.40 bits per heavy atom. The fourth-order valence-corrected chi connectivity index (χ4v) is 3.86. The Bertz CT molecular complexity index is 760. The molecule has 1 aromatic carbocycles. The van der Waals surface area contributed by atoms with Gasteiger partial charge >= 0.3 is 0 Å². The minimum Gasteiger partial charge on any atom is -0.326 e. The second-order valence-corrected chi connectivity index (χ2v) is 7.03. The Hall–Kier alpha value is -1.98. The third-order valence-electron chi connectivity index (χ3n) is 5.40. The molecule has 5 heteroatoms. The highest BCUT2D eigenvalue weighted by molar-refractivity contribution is 5.98. The molecular weight excluding hydrogens is 317 g/mol. The summed E-state index contributed by atoms with van der Waals surface area (Å²) in [6, 6.07) is 8.60. The number of aryl methyl sites for hydroxylation is 1. The van der Waals surface area contributed by atoms with E-state index >= 15 is 0 Å². The predicted molar refractivity (Wildman–Crippen MR) is 96.3 cm³/mol. The van der Waals surface area contributed by atoms with Crippen LogP contribution in [0.15, 0.2) is 30.3 Å². The van der Waals surface area contributed by atoms with Crippen LogP contribution in [-0.4, -0.2) is 49.6 Å². The normalized spacial score (nSPS) is 20.6. The van der Waals surface area contributed by atoms with Crippen LogP contribution in [0, 0.1) is 19.7 Å². The molecule has 2 heterocycles. The van der Waals surface area contributed by atoms with Gasteiger partial charge in [0.05, 0.1) is 12.2 Å². The van der Waals surface area contributed by atoms with Crippen LogP contribution in [0.25, 0.3) is 5.69 Å². The maximum absolute atomic E-state index is 14.2. The van der Waals surface area contributed by atoms with Crippen LogP contribution in [0.3, 0.4) is 0 Å². The summed E-state index contributed by atoms with van der Waals surface area (Å²) in [5, 5.41) is 0. The van der Waals surface area contributed by atoms with Crippen LogP contribution in [0.5, 0.6) is 0 Å². The van der Waals surface area contributed by atoms with Gasteiger partial charge in [0.2, 0.25) is 5.78 Å². The molecule has 0 spiro atoms. The molecule has 0 unspecified atom stereocenters. The lowest BCUT2D eigenvalue weighted by molar-refractivity contribution is -1.01. The number of halogens is 1. The fraction of sp³-hybridized carbons (Fsp3) is 0.450. The first-order valence-electron chi connectivity index (χ1n) is 9.15. The molecule has 134 valence electrons. The number of ketones is 1. The highest BCUT2D eigenvalue weighted by Crippen LogP contribution is 2.22. The van der Waals surface area contributed by atoms with E-state index in [1.165, 1.54) is 11.0 Å². The van der Waals surface area contributed by atoms with Gasteiger partial charge < -0.3 is 14.4 Å². The van der Waals surface area contributed by atoms with E-state index < -0.39 is 0 Å². The maximum Gasteiger partial charge on any atom is 0.218 e. The number of carbonyl (C=O) groups excluding carboxylic acids is 1. The smallest absolute Gasteiger partial charge is 0.218 e. The van der Waals surface area contributed by atoms with Gasteiger partial charge in [-0.05, 0) is 39.0 Å². The van der Waals surface area contributed by atoms with Gasteiger partial charge in [0, 0.05) is 17.0 Å². The van der Waals surface area contributed by atoms with Crippen molar-refractivity contribution in [3.05, 3.63) is 53.1 Å². The van der Waals surface area contributed by atoms with Gasteiger partial charge in [-0.25, -0.2) is 4.39 Å². The molecule has 2 aromatic rings.